The first-order chi connectivity index (χ1) is 12.9. The summed E-state index contributed by atoms with van der Waals surface area (Å²) in [4.78, 5) is -0.162. The van der Waals surface area contributed by atoms with Gasteiger partial charge < -0.3 is 5.11 Å². The molecule has 0 heterocycles. The molecule has 0 saturated carbocycles. The lowest BCUT2D eigenvalue weighted by Gasteiger charge is -2.04. The topological polar surface area (TPSA) is 99.3 Å². The summed E-state index contributed by atoms with van der Waals surface area (Å²) < 4.78 is 31.6. The number of azo groups is 1. The van der Waals surface area contributed by atoms with Crippen LogP contribution in [0.5, 0.6) is 5.75 Å². The zero-order valence-electron chi connectivity index (χ0n) is 13.9. The molecule has 0 spiro atoms. The third-order valence-electron chi connectivity index (χ3n) is 4.24. The highest BCUT2D eigenvalue weighted by molar-refractivity contribution is 7.85. The number of nitrogens with zero attached hydrogens (tertiary/aromatic N) is 2. The maximum atomic E-state index is 11.2. The average molecular weight is 378 g/mol. The van der Waals surface area contributed by atoms with E-state index in [1.807, 2.05) is 30.3 Å². The standard InChI is InChI=1S/C20H14N2O4S/c23-19-10-7-13-3-1-2-4-18(13)20(19)22-21-16-8-5-15-12-17(27(24,25)26)9-6-14(15)11-16/h1-12,23H,(H,24,25,26)/b22-21+. The lowest BCUT2D eigenvalue weighted by atomic mass is 10.1. The lowest BCUT2D eigenvalue weighted by Crippen LogP contribution is -1.97. The van der Waals surface area contributed by atoms with Crippen molar-refractivity contribution < 1.29 is 18.1 Å². The van der Waals surface area contributed by atoms with E-state index >= 15 is 0 Å². The predicted octanol–water partition coefficient (Wildman–Crippen LogP) is 5.36. The summed E-state index contributed by atoms with van der Waals surface area (Å²) in [6.45, 7) is 0. The molecule has 4 aromatic rings. The average Bonchev–Trinajstić information content (AvgIpc) is 2.66. The van der Waals surface area contributed by atoms with Crippen molar-refractivity contribution in [1.82, 2.24) is 0 Å². The van der Waals surface area contributed by atoms with Crippen molar-refractivity contribution in [3.8, 4) is 5.75 Å². The van der Waals surface area contributed by atoms with Crippen molar-refractivity contribution in [2.24, 2.45) is 10.2 Å². The zero-order valence-corrected chi connectivity index (χ0v) is 14.8. The van der Waals surface area contributed by atoms with Gasteiger partial charge in [-0.3, -0.25) is 4.55 Å². The summed E-state index contributed by atoms with van der Waals surface area (Å²) in [6, 6.07) is 20.4. The fourth-order valence-corrected chi connectivity index (χ4v) is 3.41. The Balaban J connectivity index is 1.75. The third kappa shape index (κ3) is 3.38. The first-order valence-electron chi connectivity index (χ1n) is 8.05. The molecule has 0 aliphatic heterocycles. The van der Waals surface area contributed by atoms with Crippen LogP contribution in [-0.2, 0) is 10.1 Å². The summed E-state index contributed by atoms with van der Waals surface area (Å²) in [6.07, 6.45) is 0. The van der Waals surface area contributed by atoms with Gasteiger partial charge in [0, 0.05) is 5.39 Å². The van der Waals surface area contributed by atoms with Gasteiger partial charge in [-0.05, 0) is 46.5 Å². The van der Waals surface area contributed by atoms with E-state index in [0.29, 0.717) is 16.8 Å². The molecule has 0 atom stereocenters. The lowest BCUT2D eigenvalue weighted by molar-refractivity contribution is 0.477. The number of phenols is 1. The summed E-state index contributed by atoms with van der Waals surface area (Å²) in [5.41, 5.74) is 0.935. The number of aromatic hydroxyl groups is 1. The Hall–Kier alpha value is -3.29. The fraction of sp³-hybridized carbons (Fsp3) is 0. The summed E-state index contributed by atoms with van der Waals surface area (Å²) in [7, 11) is -4.25. The van der Waals surface area contributed by atoms with Gasteiger partial charge in [0.25, 0.3) is 10.1 Å². The monoisotopic (exact) mass is 378 g/mol. The number of fused-ring (bicyclic) bond motifs is 2. The highest BCUT2D eigenvalue weighted by Gasteiger charge is 2.10. The molecule has 6 nitrogen and oxygen atoms in total. The summed E-state index contributed by atoms with van der Waals surface area (Å²) in [5.74, 6) is 0.0380. The van der Waals surface area contributed by atoms with Crippen molar-refractivity contribution in [1.29, 1.82) is 0 Å². The van der Waals surface area contributed by atoms with E-state index in [9.17, 15) is 13.5 Å². The quantitative estimate of drug-likeness (QED) is 0.370. The van der Waals surface area contributed by atoms with Crippen molar-refractivity contribution in [2.45, 2.75) is 4.90 Å². The molecule has 27 heavy (non-hydrogen) atoms. The highest BCUT2D eigenvalue weighted by atomic mass is 32.2. The van der Waals surface area contributed by atoms with Crippen molar-refractivity contribution in [3.63, 3.8) is 0 Å². The highest BCUT2D eigenvalue weighted by Crippen LogP contribution is 2.36. The molecular formula is C20H14N2O4S. The maximum Gasteiger partial charge on any atom is 0.294 e. The Morgan fingerprint density at radius 2 is 1.44 bits per heavy atom. The third-order valence-corrected chi connectivity index (χ3v) is 5.09. The molecule has 0 fully saturated rings. The van der Waals surface area contributed by atoms with Crippen LogP contribution in [0.25, 0.3) is 21.5 Å². The molecule has 0 unspecified atom stereocenters. The van der Waals surface area contributed by atoms with Crippen LogP contribution in [-0.4, -0.2) is 18.1 Å². The van der Waals surface area contributed by atoms with Crippen LogP contribution in [0.3, 0.4) is 0 Å². The molecule has 0 bridgehead atoms. The Labute approximate surface area is 155 Å². The van der Waals surface area contributed by atoms with E-state index in [0.717, 1.165) is 16.2 Å². The Morgan fingerprint density at radius 3 is 2.26 bits per heavy atom. The van der Waals surface area contributed by atoms with Crippen molar-refractivity contribution in [2.75, 3.05) is 0 Å². The smallest absolute Gasteiger partial charge is 0.294 e. The minimum atomic E-state index is -4.25. The van der Waals surface area contributed by atoms with Crippen LogP contribution in [0.4, 0.5) is 11.4 Å². The second kappa shape index (κ2) is 6.46. The molecule has 4 rings (SSSR count). The minimum absolute atomic E-state index is 0.0380. The van der Waals surface area contributed by atoms with Gasteiger partial charge in [0.15, 0.2) is 0 Å². The van der Waals surface area contributed by atoms with E-state index in [1.54, 1.807) is 30.3 Å². The minimum Gasteiger partial charge on any atom is -0.506 e. The van der Waals surface area contributed by atoms with Crippen LogP contribution in [0.15, 0.2) is 87.9 Å². The first kappa shape index (κ1) is 17.1. The van der Waals surface area contributed by atoms with Crippen molar-refractivity contribution >= 4 is 43.0 Å². The molecule has 2 N–H and O–H groups in total. The number of phenolic OH excluding ortho intramolecular Hbond substituents is 1. The van der Waals surface area contributed by atoms with Gasteiger partial charge in [0.2, 0.25) is 0 Å². The molecule has 0 aromatic heterocycles. The molecule has 0 radical (unpaired) electrons. The van der Waals surface area contributed by atoms with Crippen LogP contribution < -0.4 is 0 Å². The largest absolute Gasteiger partial charge is 0.506 e. The fourth-order valence-electron chi connectivity index (χ4n) is 2.89. The molecule has 0 aliphatic carbocycles. The summed E-state index contributed by atoms with van der Waals surface area (Å²) in [5, 5.41) is 21.7. The van der Waals surface area contributed by atoms with Gasteiger partial charge in [-0.25, -0.2) is 0 Å². The van der Waals surface area contributed by atoms with Gasteiger partial charge in [-0.15, -0.1) is 5.11 Å². The Kier molecular flexibility index (Phi) is 4.10. The second-order valence-electron chi connectivity index (χ2n) is 6.02. The zero-order chi connectivity index (χ0) is 19.0. The molecule has 0 aliphatic rings. The number of hydrogen-bond acceptors (Lipinski definition) is 5. The van der Waals surface area contributed by atoms with Crippen molar-refractivity contribution in [3.05, 3.63) is 72.8 Å². The van der Waals surface area contributed by atoms with E-state index in [-0.39, 0.29) is 10.6 Å². The Morgan fingerprint density at radius 1 is 0.741 bits per heavy atom. The maximum absolute atomic E-state index is 11.2. The summed E-state index contributed by atoms with van der Waals surface area (Å²) >= 11 is 0. The molecule has 7 heteroatoms. The Bertz CT molecular complexity index is 1310. The van der Waals surface area contributed by atoms with E-state index in [4.69, 9.17) is 4.55 Å². The molecular weight excluding hydrogens is 364 g/mol. The van der Waals surface area contributed by atoms with E-state index in [2.05, 4.69) is 10.2 Å². The number of hydrogen-bond donors (Lipinski definition) is 2. The van der Waals surface area contributed by atoms with E-state index < -0.39 is 10.1 Å². The van der Waals surface area contributed by atoms with Gasteiger partial charge in [-0.1, -0.05) is 42.5 Å². The predicted molar refractivity (Wildman–Crippen MR) is 104 cm³/mol. The molecule has 0 amide bonds. The van der Waals surface area contributed by atoms with Gasteiger partial charge >= 0.3 is 0 Å². The normalized spacial score (nSPS) is 12.2. The molecule has 134 valence electrons. The molecule has 0 saturated heterocycles. The van der Waals surface area contributed by atoms with Gasteiger partial charge in [0.05, 0.1) is 10.6 Å². The van der Waals surface area contributed by atoms with Gasteiger partial charge in [-0.2, -0.15) is 13.5 Å². The molecule has 4 aromatic carbocycles. The van der Waals surface area contributed by atoms with E-state index in [1.165, 1.54) is 12.1 Å². The first-order valence-corrected chi connectivity index (χ1v) is 9.50. The van der Waals surface area contributed by atoms with Crippen LogP contribution in [0.2, 0.25) is 0 Å². The van der Waals surface area contributed by atoms with Crippen LogP contribution in [0.1, 0.15) is 0 Å². The number of benzene rings is 4. The van der Waals surface area contributed by atoms with Crippen LogP contribution >= 0.6 is 0 Å². The van der Waals surface area contributed by atoms with Crippen LogP contribution in [0, 0.1) is 0 Å². The SMILES string of the molecule is O=S(=O)(O)c1ccc2cc(/N=N/c3c(O)ccc4ccccc34)ccc2c1. The number of rotatable bonds is 3. The second-order valence-corrected chi connectivity index (χ2v) is 7.44. The van der Waals surface area contributed by atoms with Gasteiger partial charge in [0.1, 0.15) is 11.4 Å².